The quantitative estimate of drug-likeness (QED) is 0.0374. The molecule has 7 atom stereocenters. The second-order valence-electron chi connectivity index (χ2n) is 11.9. The van der Waals surface area contributed by atoms with Gasteiger partial charge in [-0.3, -0.25) is 37.3 Å². The van der Waals surface area contributed by atoms with E-state index in [9.17, 15) is 62.7 Å². The van der Waals surface area contributed by atoms with Crippen LogP contribution >= 0.6 is 35.2 Å². The molecule has 3 heterocycles. The number of anilines is 1. The Morgan fingerprint density at radius 2 is 1.72 bits per heavy atom. The minimum absolute atomic E-state index is 0.0185. The van der Waals surface area contributed by atoms with E-state index >= 15 is 0 Å². The first-order valence-corrected chi connectivity index (χ1v) is 20.7. The fourth-order valence-corrected chi connectivity index (χ4v) is 7.96. The van der Waals surface area contributed by atoms with Gasteiger partial charge in [-0.05, 0) is 0 Å². The van der Waals surface area contributed by atoms with E-state index in [1.54, 1.807) is 0 Å². The van der Waals surface area contributed by atoms with E-state index < -0.39 is 102 Å². The van der Waals surface area contributed by atoms with Crippen molar-refractivity contribution in [2.45, 2.75) is 57.3 Å². The Labute approximate surface area is 308 Å². The predicted molar refractivity (Wildman–Crippen MR) is 179 cm³/mol. The average Bonchev–Trinajstić information content (AvgIpc) is 3.60. The lowest BCUT2D eigenvalue weighted by Gasteiger charge is -2.30. The van der Waals surface area contributed by atoms with Crippen LogP contribution < -0.4 is 16.4 Å². The summed E-state index contributed by atoms with van der Waals surface area (Å²) in [5.74, 6) is -2.80. The van der Waals surface area contributed by atoms with Crippen molar-refractivity contribution in [2.75, 3.05) is 37.8 Å². The zero-order chi connectivity index (χ0) is 40.6. The van der Waals surface area contributed by atoms with Gasteiger partial charge < -0.3 is 56.0 Å². The summed E-state index contributed by atoms with van der Waals surface area (Å²) in [5.41, 5.74) is 4.19. The van der Waals surface area contributed by atoms with Crippen molar-refractivity contribution < 1.29 is 90.4 Å². The summed E-state index contributed by atoms with van der Waals surface area (Å²) in [6.45, 7) is 0.132. The highest BCUT2D eigenvalue weighted by molar-refractivity contribution is 8.13. The Kier molecular flexibility index (Phi) is 15.8. The molecule has 0 aromatic carbocycles. The van der Waals surface area contributed by atoms with Crippen LogP contribution in [-0.2, 0) is 55.5 Å². The molecule has 1 aliphatic heterocycles. The number of carbonyl (C=O) groups excluding carboxylic acids is 3. The number of carbonyl (C=O) groups is 4. The van der Waals surface area contributed by atoms with Crippen molar-refractivity contribution in [3.8, 4) is 0 Å². The van der Waals surface area contributed by atoms with Gasteiger partial charge in [0.2, 0.25) is 11.8 Å². The minimum Gasteiger partial charge on any atom is -0.481 e. The largest absolute Gasteiger partial charge is 0.481 e. The molecular formula is C24H38N7O19P3S. The van der Waals surface area contributed by atoms with Gasteiger partial charge in [0.05, 0.1) is 19.5 Å². The number of amides is 2. The second-order valence-corrected chi connectivity index (χ2v) is 17.2. The number of ether oxygens (including phenoxy) is 1. The van der Waals surface area contributed by atoms with Gasteiger partial charge in [0.15, 0.2) is 22.8 Å². The summed E-state index contributed by atoms with van der Waals surface area (Å²) in [5, 5.41) is 34.0. The number of carboxylic acid groups (broad SMARTS) is 1. The summed E-state index contributed by atoms with van der Waals surface area (Å²) >= 11 is 0.718. The van der Waals surface area contributed by atoms with E-state index in [0.29, 0.717) is 0 Å². The highest BCUT2D eigenvalue weighted by Crippen LogP contribution is 2.61. The lowest BCUT2D eigenvalue weighted by atomic mass is 9.87. The van der Waals surface area contributed by atoms with Crippen LogP contribution in [0.5, 0.6) is 0 Å². The van der Waals surface area contributed by atoms with E-state index in [-0.39, 0.29) is 42.2 Å². The summed E-state index contributed by atoms with van der Waals surface area (Å²) in [6.07, 6.45) is -7.78. The van der Waals surface area contributed by atoms with Crippen LogP contribution in [-0.4, -0.2) is 134 Å². The molecule has 2 aromatic rings. The van der Waals surface area contributed by atoms with Gasteiger partial charge in [-0.15, -0.1) is 0 Å². The number of aromatic nitrogens is 4. The number of rotatable bonds is 21. The number of thioether (sulfide) groups is 1. The summed E-state index contributed by atoms with van der Waals surface area (Å²) in [7, 11) is -16.4. The van der Waals surface area contributed by atoms with Crippen LogP contribution in [0.25, 0.3) is 11.2 Å². The molecule has 0 bridgehead atoms. The number of carboxylic acids is 1. The zero-order valence-electron chi connectivity index (χ0n) is 28.1. The van der Waals surface area contributed by atoms with Crippen molar-refractivity contribution >= 4 is 75.1 Å². The maximum atomic E-state index is 12.6. The number of hydrogen-bond acceptors (Lipinski definition) is 19. The van der Waals surface area contributed by atoms with Gasteiger partial charge in [0, 0.05) is 30.7 Å². The lowest BCUT2D eigenvalue weighted by Crippen LogP contribution is -2.46. The molecule has 0 radical (unpaired) electrons. The maximum Gasteiger partial charge on any atom is 0.481 e. The normalized spacial score (nSPS) is 21.9. The van der Waals surface area contributed by atoms with Gasteiger partial charge in [-0.25, -0.2) is 28.6 Å². The number of phosphoric ester groups is 3. The zero-order valence-corrected chi connectivity index (χ0v) is 31.6. The first-order valence-electron chi connectivity index (χ1n) is 15.2. The molecule has 0 aliphatic carbocycles. The van der Waals surface area contributed by atoms with Gasteiger partial charge in [-0.2, -0.15) is 4.31 Å². The Morgan fingerprint density at radius 1 is 1.06 bits per heavy atom. The van der Waals surface area contributed by atoms with E-state index in [4.69, 9.17) is 24.6 Å². The number of aliphatic hydroxyl groups excluding tert-OH is 2. The molecule has 26 nitrogen and oxygen atoms in total. The number of nitrogens with zero attached hydrogens (tertiary/aromatic N) is 4. The molecule has 11 N–H and O–H groups in total. The van der Waals surface area contributed by atoms with Crippen molar-refractivity contribution in [1.82, 2.24) is 30.2 Å². The Bertz CT molecular complexity index is 1830. The number of aliphatic hydroxyl groups is 2. The third-order valence-electron chi connectivity index (χ3n) is 7.06. The number of imidazole rings is 1. The molecule has 1 saturated heterocycles. The molecular weight excluding hydrogens is 815 g/mol. The van der Waals surface area contributed by atoms with Crippen LogP contribution in [0.2, 0.25) is 0 Å². The number of nitrogen functional groups attached to an aromatic ring is 1. The van der Waals surface area contributed by atoms with Crippen molar-refractivity contribution in [2.24, 2.45) is 5.41 Å². The Balaban J connectivity index is 1.51. The molecule has 1 fully saturated rings. The number of phosphoric acid groups is 3. The van der Waals surface area contributed by atoms with Crippen molar-refractivity contribution in [1.29, 1.82) is 0 Å². The molecule has 2 aromatic heterocycles. The molecule has 30 heteroatoms. The van der Waals surface area contributed by atoms with Crippen LogP contribution in [0, 0.1) is 5.41 Å². The SMILES string of the molecule is CC(C)(COP(=O)(O)OP(=O)(O)OC[C@H]1O[C@@H](n2cnc3c(N)ncnc32)[C@H](O)[C@@H]1OP(=O)(O)O)[C@H](O)C(=O)NCCC(=O)NCCSC(=O)CC(=O)O. The number of hydrogen-bond donors (Lipinski definition) is 10. The number of aliphatic carboxylic acids is 1. The molecule has 1 aliphatic rings. The minimum atomic E-state index is -5.59. The first-order chi connectivity index (χ1) is 24.9. The van der Waals surface area contributed by atoms with Gasteiger partial charge >= 0.3 is 29.4 Å². The monoisotopic (exact) mass is 853 g/mol. The fourth-order valence-electron chi connectivity index (χ4n) is 4.47. The number of nitrogens with two attached hydrogens (primary N) is 1. The van der Waals surface area contributed by atoms with E-state index in [1.807, 2.05) is 0 Å². The molecule has 304 valence electrons. The highest BCUT2D eigenvalue weighted by atomic mass is 32.2. The molecule has 54 heavy (non-hydrogen) atoms. The van der Waals surface area contributed by atoms with E-state index in [0.717, 1.165) is 29.0 Å². The van der Waals surface area contributed by atoms with Crippen molar-refractivity contribution in [3.63, 3.8) is 0 Å². The predicted octanol–water partition coefficient (Wildman–Crippen LogP) is -1.86. The second kappa shape index (κ2) is 18.8. The number of nitrogens with one attached hydrogen (secondary N) is 2. The summed E-state index contributed by atoms with van der Waals surface area (Å²) < 4.78 is 61.8. The smallest absolute Gasteiger partial charge is 0.481 e. The number of fused-ring (bicyclic) bond motifs is 1. The molecule has 2 amide bonds. The van der Waals surface area contributed by atoms with Crippen molar-refractivity contribution in [3.05, 3.63) is 12.7 Å². The first kappa shape index (κ1) is 45.4. The molecule has 2 unspecified atom stereocenters. The van der Waals surface area contributed by atoms with Crippen LogP contribution in [0.3, 0.4) is 0 Å². The van der Waals surface area contributed by atoms with Gasteiger partial charge in [0.1, 0.15) is 42.7 Å². The van der Waals surface area contributed by atoms with E-state index in [1.165, 1.54) is 13.8 Å². The van der Waals surface area contributed by atoms with Crippen LogP contribution in [0.4, 0.5) is 5.82 Å². The molecule has 3 rings (SSSR count). The summed E-state index contributed by atoms with van der Waals surface area (Å²) in [4.78, 5) is 97.0. The molecule has 0 saturated carbocycles. The lowest BCUT2D eigenvalue weighted by molar-refractivity contribution is -0.139. The average molecular weight is 854 g/mol. The maximum absolute atomic E-state index is 12.6. The highest BCUT2D eigenvalue weighted by Gasteiger charge is 2.50. The molecule has 0 spiro atoms. The third kappa shape index (κ3) is 13.6. The van der Waals surface area contributed by atoms with Crippen LogP contribution in [0.15, 0.2) is 12.7 Å². The topological polar surface area (TPSA) is 401 Å². The summed E-state index contributed by atoms with van der Waals surface area (Å²) in [6, 6.07) is 0. The third-order valence-corrected chi connectivity index (χ3v) is 11.0. The Morgan fingerprint density at radius 3 is 2.37 bits per heavy atom. The van der Waals surface area contributed by atoms with Gasteiger partial charge in [0.25, 0.3) is 0 Å². The Hall–Kier alpha value is -2.97. The van der Waals surface area contributed by atoms with E-state index in [2.05, 4.69) is 34.4 Å². The van der Waals surface area contributed by atoms with Crippen LogP contribution in [0.1, 0.15) is 32.9 Å². The fraction of sp³-hybridized carbons (Fsp3) is 0.625. The van der Waals surface area contributed by atoms with Gasteiger partial charge in [-0.1, -0.05) is 25.6 Å². The standard InChI is InChI=1S/C24H38N7O19P3S/c1-24(2,19(37)22(38)27-4-3-13(32)26-5-6-54-15(35)7-14(33)34)9-47-53(44,45)50-52(42,43)46-8-12-18(49-51(39,40)41)17(36)23(48-12)31-11-30-16-20(25)28-10-29-21(16)31/h10-12,17-19,23,36-37H,3-9H2,1-2H3,(H,26,32)(H,27,38)(H,33,34)(H,42,43)(H,44,45)(H2,25,28,29)(H2,39,40,41)/t12-,17-,18-,19-,23-/m1/s1.